The van der Waals surface area contributed by atoms with Crippen LogP contribution in [0, 0.1) is 11.8 Å². The molecule has 2 bridgehead atoms. The van der Waals surface area contributed by atoms with Gasteiger partial charge in [-0.15, -0.1) is 0 Å². The maximum atomic E-state index is 12.9. The SMILES string of the molecule is O=C(C1CC1)N1CCC(Oc2ccc(C(=O)N3C[C@@H]4CCC[C@H]3C4)cc2)CC1. The van der Waals surface area contributed by atoms with Crippen molar-refractivity contribution in [3.63, 3.8) is 0 Å². The Bertz CT molecular complexity index is 735. The molecular formula is C23H30N2O3. The standard InChI is InChI=1S/C23H30N2O3/c26-22(17-4-5-17)24-12-10-21(11-13-24)28-20-8-6-18(7-9-20)23(27)25-15-16-2-1-3-19(25)14-16/h6-9,16-17,19,21H,1-5,10-15H2/t16-,19+/m1/s1. The van der Waals surface area contributed by atoms with Gasteiger partial charge in [0.15, 0.2) is 0 Å². The van der Waals surface area contributed by atoms with Crippen molar-refractivity contribution >= 4 is 11.8 Å². The summed E-state index contributed by atoms with van der Waals surface area (Å²) in [6, 6.07) is 8.12. The number of carbonyl (C=O) groups is 2. The summed E-state index contributed by atoms with van der Waals surface area (Å²) in [6.07, 6.45) is 8.95. The van der Waals surface area contributed by atoms with E-state index < -0.39 is 0 Å². The van der Waals surface area contributed by atoms with E-state index in [1.807, 2.05) is 29.2 Å². The van der Waals surface area contributed by atoms with Gasteiger partial charge < -0.3 is 14.5 Å². The van der Waals surface area contributed by atoms with Gasteiger partial charge in [0, 0.05) is 50.0 Å². The molecule has 0 aromatic heterocycles. The lowest BCUT2D eigenvalue weighted by atomic mass is 9.90. The van der Waals surface area contributed by atoms with Gasteiger partial charge in [-0.3, -0.25) is 9.59 Å². The van der Waals surface area contributed by atoms with E-state index in [4.69, 9.17) is 4.74 Å². The van der Waals surface area contributed by atoms with Crippen molar-refractivity contribution in [2.75, 3.05) is 19.6 Å². The zero-order chi connectivity index (χ0) is 19.1. The molecule has 2 aliphatic carbocycles. The largest absolute Gasteiger partial charge is 0.490 e. The number of hydrogen-bond donors (Lipinski definition) is 0. The van der Waals surface area contributed by atoms with E-state index in [1.54, 1.807) is 0 Å². The Morgan fingerprint density at radius 2 is 1.68 bits per heavy atom. The number of carbonyl (C=O) groups excluding carboxylic acids is 2. The molecular weight excluding hydrogens is 352 g/mol. The van der Waals surface area contributed by atoms with Crippen molar-refractivity contribution in [1.82, 2.24) is 9.80 Å². The third-order valence-electron chi connectivity index (χ3n) is 7.00. The summed E-state index contributed by atoms with van der Waals surface area (Å²) in [5.74, 6) is 2.35. The molecule has 28 heavy (non-hydrogen) atoms. The molecule has 1 aromatic carbocycles. The molecule has 0 unspecified atom stereocenters. The van der Waals surface area contributed by atoms with Crippen LogP contribution in [0.25, 0.3) is 0 Å². The van der Waals surface area contributed by atoms with E-state index >= 15 is 0 Å². The maximum absolute atomic E-state index is 12.9. The Kier molecular flexibility index (Phi) is 4.77. The average molecular weight is 383 g/mol. The normalized spacial score (nSPS) is 27.7. The second kappa shape index (κ2) is 7.41. The highest BCUT2D eigenvalue weighted by atomic mass is 16.5. The minimum atomic E-state index is 0.155. The molecule has 2 atom stereocenters. The molecule has 2 amide bonds. The van der Waals surface area contributed by atoms with Crippen LogP contribution in [0.5, 0.6) is 5.75 Å². The van der Waals surface area contributed by atoms with Crippen LogP contribution in [0.4, 0.5) is 0 Å². The van der Waals surface area contributed by atoms with Crippen LogP contribution in [0.2, 0.25) is 0 Å². The van der Waals surface area contributed by atoms with Gasteiger partial charge in [-0.05, 0) is 62.3 Å². The molecule has 0 N–H and O–H groups in total. The van der Waals surface area contributed by atoms with Gasteiger partial charge >= 0.3 is 0 Å². The maximum Gasteiger partial charge on any atom is 0.254 e. The minimum absolute atomic E-state index is 0.155. The van der Waals surface area contributed by atoms with E-state index in [9.17, 15) is 9.59 Å². The van der Waals surface area contributed by atoms with Crippen LogP contribution in [0.15, 0.2) is 24.3 Å². The molecule has 4 aliphatic rings. The fourth-order valence-electron chi connectivity index (χ4n) is 5.20. The van der Waals surface area contributed by atoms with Crippen molar-refractivity contribution in [1.29, 1.82) is 0 Å². The number of hydrogen-bond acceptors (Lipinski definition) is 3. The molecule has 4 fully saturated rings. The third-order valence-corrected chi connectivity index (χ3v) is 7.00. The Hall–Kier alpha value is -2.04. The fourth-order valence-corrected chi connectivity index (χ4v) is 5.20. The first-order chi connectivity index (χ1) is 13.7. The number of rotatable bonds is 4. The molecule has 2 saturated carbocycles. The minimum Gasteiger partial charge on any atom is -0.490 e. The lowest BCUT2D eigenvalue weighted by Crippen LogP contribution is -2.42. The molecule has 2 heterocycles. The second-order valence-electron chi connectivity index (χ2n) is 9.09. The Balaban J connectivity index is 1.15. The van der Waals surface area contributed by atoms with Crippen LogP contribution in [-0.2, 0) is 4.79 Å². The van der Waals surface area contributed by atoms with Crippen molar-refractivity contribution < 1.29 is 14.3 Å². The fraction of sp³-hybridized carbons (Fsp3) is 0.652. The van der Waals surface area contributed by atoms with Gasteiger partial charge in [0.2, 0.25) is 5.91 Å². The van der Waals surface area contributed by atoms with Crippen LogP contribution < -0.4 is 4.74 Å². The number of amides is 2. The molecule has 150 valence electrons. The van der Waals surface area contributed by atoms with Gasteiger partial charge in [-0.25, -0.2) is 0 Å². The third kappa shape index (κ3) is 3.63. The first kappa shape index (κ1) is 18.0. The number of piperidine rings is 1. The predicted octanol–water partition coefficient (Wildman–Crippen LogP) is 3.48. The van der Waals surface area contributed by atoms with E-state index in [2.05, 4.69) is 4.90 Å². The molecule has 5 nitrogen and oxygen atoms in total. The molecule has 2 saturated heterocycles. The highest BCUT2D eigenvalue weighted by Gasteiger charge is 2.38. The topological polar surface area (TPSA) is 49.9 Å². The van der Waals surface area contributed by atoms with E-state index in [0.29, 0.717) is 23.8 Å². The quantitative estimate of drug-likeness (QED) is 0.801. The summed E-state index contributed by atoms with van der Waals surface area (Å²) in [6.45, 7) is 2.53. The summed E-state index contributed by atoms with van der Waals surface area (Å²) in [5.41, 5.74) is 0.768. The number of nitrogens with zero attached hydrogens (tertiary/aromatic N) is 2. The van der Waals surface area contributed by atoms with Gasteiger partial charge in [-0.2, -0.15) is 0 Å². The second-order valence-corrected chi connectivity index (χ2v) is 9.09. The Labute approximate surface area is 167 Å². The number of fused-ring (bicyclic) bond motifs is 2. The van der Waals surface area contributed by atoms with Crippen molar-refractivity contribution in [2.45, 2.75) is 63.5 Å². The summed E-state index contributed by atoms with van der Waals surface area (Å²) in [7, 11) is 0. The van der Waals surface area contributed by atoms with Crippen LogP contribution in [0.1, 0.15) is 61.7 Å². The van der Waals surface area contributed by atoms with E-state index in [1.165, 1.54) is 19.3 Å². The van der Waals surface area contributed by atoms with Gasteiger partial charge in [0.05, 0.1) is 0 Å². The lowest BCUT2D eigenvalue weighted by Gasteiger charge is -2.32. The summed E-state index contributed by atoms with van der Waals surface area (Å²) in [5, 5.41) is 0. The van der Waals surface area contributed by atoms with Crippen molar-refractivity contribution in [3.05, 3.63) is 29.8 Å². The molecule has 0 radical (unpaired) electrons. The highest BCUT2D eigenvalue weighted by molar-refractivity contribution is 5.94. The molecule has 0 spiro atoms. The number of benzene rings is 1. The zero-order valence-corrected chi connectivity index (χ0v) is 16.5. The van der Waals surface area contributed by atoms with Crippen LogP contribution in [-0.4, -0.2) is 53.4 Å². The molecule has 5 rings (SSSR count). The molecule has 1 aromatic rings. The lowest BCUT2D eigenvalue weighted by molar-refractivity contribution is -0.134. The average Bonchev–Trinajstić information content (AvgIpc) is 3.54. The summed E-state index contributed by atoms with van der Waals surface area (Å²) in [4.78, 5) is 29.2. The first-order valence-electron chi connectivity index (χ1n) is 11.0. The Morgan fingerprint density at radius 1 is 0.929 bits per heavy atom. The number of ether oxygens (including phenoxy) is 1. The predicted molar refractivity (Wildman–Crippen MR) is 106 cm³/mol. The monoisotopic (exact) mass is 382 g/mol. The summed E-state index contributed by atoms with van der Waals surface area (Å²) < 4.78 is 6.13. The van der Waals surface area contributed by atoms with Crippen LogP contribution >= 0.6 is 0 Å². The number of likely N-dealkylation sites (tertiary alicyclic amines) is 2. The smallest absolute Gasteiger partial charge is 0.254 e. The van der Waals surface area contributed by atoms with Gasteiger partial charge in [0.25, 0.3) is 5.91 Å². The van der Waals surface area contributed by atoms with Crippen molar-refractivity contribution in [2.24, 2.45) is 11.8 Å². The van der Waals surface area contributed by atoms with Crippen molar-refractivity contribution in [3.8, 4) is 5.75 Å². The van der Waals surface area contributed by atoms with E-state index in [-0.39, 0.29) is 12.0 Å². The summed E-state index contributed by atoms with van der Waals surface area (Å²) >= 11 is 0. The zero-order valence-electron chi connectivity index (χ0n) is 16.5. The molecule has 5 heteroatoms. The van der Waals surface area contributed by atoms with Gasteiger partial charge in [0.1, 0.15) is 11.9 Å². The van der Waals surface area contributed by atoms with E-state index in [0.717, 1.165) is 63.1 Å². The molecule has 2 aliphatic heterocycles. The van der Waals surface area contributed by atoms with Crippen LogP contribution in [0.3, 0.4) is 0 Å². The highest BCUT2D eigenvalue weighted by Crippen LogP contribution is 2.36. The Morgan fingerprint density at radius 3 is 2.36 bits per heavy atom. The first-order valence-corrected chi connectivity index (χ1v) is 11.0. The van der Waals surface area contributed by atoms with Gasteiger partial charge in [-0.1, -0.05) is 6.42 Å².